The highest BCUT2D eigenvalue weighted by Crippen LogP contribution is 2.30. The average molecular weight is 340 g/mol. The number of hydrogen-bond acceptors (Lipinski definition) is 4. The summed E-state index contributed by atoms with van der Waals surface area (Å²) in [6.07, 6.45) is 0.224. The highest BCUT2D eigenvalue weighted by molar-refractivity contribution is 9.10. The lowest BCUT2D eigenvalue weighted by Crippen LogP contribution is -2.04. The maximum atomic E-state index is 11.2. The number of nitrogens with zero attached hydrogens (tertiary/aromatic N) is 1. The Morgan fingerprint density at radius 1 is 1.37 bits per heavy atom. The number of aryl methyl sites for hydroxylation is 2. The summed E-state index contributed by atoms with van der Waals surface area (Å²) < 4.78 is 5.77. The maximum Gasteiger partial charge on any atom is 0.311 e. The number of methoxy groups -OCH3 is 1. The van der Waals surface area contributed by atoms with E-state index in [1.807, 2.05) is 5.38 Å². The van der Waals surface area contributed by atoms with Crippen LogP contribution in [0.5, 0.6) is 0 Å². The lowest BCUT2D eigenvalue weighted by atomic mass is 10.1. The number of thiazole rings is 1. The Balaban J connectivity index is 2.30. The molecule has 0 fully saturated rings. The third-order valence-electron chi connectivity index (χ3n) is 2.79. The number of carbonyl (C=O) groups is 1. The number of esters is 1. The Hall–Kier alpha value is -1.20. The van der Waals surface area contributed by atoms with Crippen LogP contribution in [0.3, 0.4) is 0 Å². The van der Waals surface area contributed by atoms with Crippen LogP contribution in [0.4, 0.5) is 0 Å². The first kappa shape index (κ1) is 14.2. The van der Waals surface area contributed by atoms with Crippen molar-refractivity contribution in [1.29, 1.82) is 0 Å². The number of halogens is 1. The molecule has 0 aliphatic carbocycles. The fourth-order valence-electron chi connectivity index (χ4n) is 1.81. The van der Waals surface area contributed by atoms with Crippen LogP contribution in [0.1, 0.15) is 16.8 Å². The maximum absolute atomic E-state index is 11.2. The lowest BCUT2D eigenvalue weighted by Gasteiger charge is -2.05. The summed E-state index contributed by atoms with van der Waals surface area (Å²) in [5.74, 6) is -0.264. The minimum Gasteiger partial charge on any atom is -0.469 e. The van der Waals surface area contributed by atoms with Crippen molar-refractivity contribution < 1.29 is 9.53 Å². The van der Waals surface area contributed by atoms with Gasteiger partial charge in [-0.3, -0.25) is 4.79 Å². The molecule has 0 aliphatic rings. The Labute approximate surface area is 124 Å². The van der Waals surface area contributed by atoms with Gasteiger partial charge in [-0.15, -0.1) is 11.3 Å². The van der Waals surface area contributed by atoms with Gasteiger partial charge < -0.3 is 4.74 Å². The van der Waals surface area contributed by atoms with Crippen LogP contribution < -0.4 is 0 Å². The summed E-state index contributed by atoms with van der Waals surface area (Å²) in [4.78, 5) is 15.7. The first-order valence-corrected chi connectivity index (χ1v) is 7.47. The molecular formula is C14H14BrNO2S. The van der Waals surface area contributed by atoms with Gasteiger partial charge in [-0.05, 0) is 37.1 Å². The fourth-order valence-corrected chi connectivity index (χ4v) is 2.85. The summed E-state index contributed by atoms with van der Waals surface area (Å²) >= 11 is 5.10. The topological polar surface area (TPSA) is 39.2 Å². The predicted molar refractivity (Wildman–Crippen MR) is 80.4 cm³/mol. The molecule has 1 aromatic carbocycles. The highest BCUT2D eigenvalue weighted by Gasteiger charge is 2.10. The van der Waals surface area contributed by atoms with E-state index in [4.69, 9.17) is 0 Å². The molecule has 19 heavy (non-hydrogen) atoms. The molecule has 0 atom stereocenters. The molecule has 0 unspecified atom stereocenters. The SMILES string of the molecule is COC(=O)Cc1csc(-c2cc(C)c(Br)c(C)c2)n1. The molecule has 2 rings (SSSR count). The van der Waals surface area contributed by atoms with Crippen LogP contribution in [0.2, 0.25) is 0 Å². The van der Waals surface area contributed by atoms with Crippen molar-refractivity contribution in [2.45, 2.75) is 20.3 Å². The number of carbonyl (C=O) groups excluding carboxylic acids is 1. The number of benzene rings is 1. The van der Waals surface area contributed by atoms with Crippen molar-refractivity contribution in [3.8, 4) is 10.6 Å². The molecule has 100 valence electrons. The van der Waals surface area contributed by atoms with Gasteiger partial charge in [0.25, 0.3) is 0 Å². The zero-order valence-electron chi connectivity index (χ0n) is 11.0. The minimum atomic E-state index is -0.264. The second-order valence-electron chi connectivity index (χ2n) is 4.32. The van der Waals surface area contributed by atoms with Crippen molar-refractivity contribution in [2.24, 2.45) is 0 Å². The van der Waals surface area contributed by atoms with Crippen LogP contribution in [0, 0.1) is 13.8 Å². The largest absolute Gasteiger partial charge is 0.469 e. The highest BCUT2D eigenvalue weighted by atomic mass is 79.9. The van der Waals surface area contributed by atoms with Gasteiger partial charge in [0.2, 0.25) is 0 Å². The first-order valence-electron chi connectivity index (χ1n) is 5.79. The van der Waals surface area contributed by atoms with E-state index < -0.39 is 0 Å². The van der Waals surface area contributed by atoms with Crippen LogP contribution in [-0.2, 0) is 16.0 Å². The predicted octanol–water partition coefficient (Wildman–Crippen LogP) is 3.90. The van der Waals surface area contributed by atoms with E-state index in [1.54, 1.807) is 11.3 Å². The molecule has 0 spiro atoms. The Kier molecular flexibility index (Phi) is 4.37. The van der Waals surface area contributed by atoms with E-state index in [0.29, 0.717) is 0 Å². The van der Waals surface area contributed by atoms with Crippen LogP contribution in [0.25, 0.3) is 10.6 Å². The van der Waals surface area contributed by atoms with Crippen LogP contribution in [-0.4, -0.2) is 18.1 Å². The standard InChI is InChI=1S/C14H14BrNO2S/c1-8-4-10(5-9(2)13(8)15)14-16-11(7-19-14)6-12(17)18-3/h4-5,7H,6H2,1-3H3. The van der Waals surface area contributed by atoms with Gasteiger partial charge in [-0.25, -0.2) is 4.98 Å². The molecule has 1 heterocycles. The molecule has 0 N–H and O–H groups in total. The molecule has 2 aromatic rings. The lowest BCUT2D eigenvalue weighted by molar-refractivity contribution is -0.139. The van der Waals surface area contributed by atoms with Gasteiger partial charge in [0, 0.05) is 15.4 Å². The number of rotatable bonds is 3. The summed E-state index contributed by atoms with van der Waals surface area (Å²) in [7, 11) is 1.39. The van der Waals surface area contributed by atoms with E-state index in [9.17, 15) is 4.79 Å². The summed E-state index contributed by atoms with van der Waals surface area (Å²) in [5, 5.41) is 2.83. The van der Waals surface area contributed by atoms with Crippen molar-refractivity contribution in [2.75, 3.05) is 7.11 Å². The Morgan fingerprint density at radius 3 is 2.58 bits per heavy atom. The first-order chi connectivity index (χ1) is 9.01. The molecule has 0 aliphatic heterocycles. The van der Waals surface area contributed by atoms with Gasteiger partial charge in [0.05, 0.1) is 19.2 Å². The quantitative estimate of drug-likeness (QED) is 0.796. The Morgan fingerprint density at radius 2 is 2.00 bits per heavy atom. The molecule has 0 radical (unpaired) electrons. The molecule has 5 heteroatoms. The molecular weight excluding hydrogens is 326 g/mol. The van der Waals surface area contributed by atoms with Gasteiger partial charge >= 0.3 is 5.97 Å². The zero-order chi connectivity index (χ0) is 14.0. The second kappa shape index (κ2) is 5.84. The Bertz CT molecular complexity index is 599. The fraction of sp³-hybridized carbons (Fsp3) is 0.286. The number of aromatic nitrogens is 1. The molecule has 3 nitrogen and oxygen atoms in total. The molecule has 0 amide bonds. The second-order valence-corrected chi connectivity index (χ2v) is 5.97. The van der Waals surface area contributed by atoms with Crippen molar-refractivity contribution in [3.63, 3.8) is 0 Å². The molecule has 0 saturated heterocycles. The van der Waals surface area contributed by atoms with Gasteiger partial charge in [0.1, 0.15) is 5.01 Å². The smallest absolute Gasteiger partial charge is 0.311 e. The van der Waals surface area contributed by atoms with E-state index in [0.717, 1.165) is 20.7 Å². The van der Waals surface area contributed by atoms with Crippen molar-refractivity contribution >= 4 is 33.2 Å². The van der Waals surface area contributed by atoms with Gasteiger partial charge in [0.15, 0.2) is 0 Å². The zero-order valence-corrected chi connectivity index (χ0v) is 13.4. The van der Waals surface area contributed by atoms with E-state index in [1.165, 1.54) is 18.2 Å². The summed E-state index contributed by atoms with van der Waals surface area (Å²) in [6.45, 7) is 4.12. The van der Waals surface area contributed by atoms with E-state index in [-0.39, 0.29) is 12.4 Å². The van der Waals surface area contributed by atoms with Gasteiger partial charge in [-0.2, -0.15) is 0 Å². The summed E-state index contributed by atoms with van der Waals surface area (Å²) in [6, 6.07) is 4.19. The third kappa shape index (κ3) is 3.22. The van der Waals surface area contributed by atoms with Crippen LogP contribution in [0.15, 0.2) is 22.0 Å². The minimum absolute atomic E-state index is 0.224. The van der Waals surface area contributed by atoms with Gasteiger partial charge in [-0.1, -0.05) is 15.9 Å². The monoisotopic (exact) mass is 339 g/mol. The van der Waals surface area contributed by atoms with Crippen molar-refractivity contribution in [3.05, 3.63) is 38.8 Å². The normalized spacial score (nSPS) is 10.5. The molecule has 0 saturated carbocycles. The average Bonchev–Trinajstić information content (AvgIpc) is 2.83. The van der Waals surface area contributed by atoms with E-state index in [2.05, 4.69) is 51.6 Å². The van der Waals surface area contributed by atoms with Crippen molar-refractivity contribution in [1.82, 2.24) is 4.98 Å². The molecule has 1 aromatic heterocycles. The van der Waals surface area contributed by atoms with Crippen LogP contribution >= 0.6 is 27.3 Å². The van der Waals surface area contributed by atoms with E-state index >= 15 is 0 Å². The molecule has 0 bridgehead atoms. The number of ether oxygens (including phenoxy) is 1. The third-order valence-corrected chi connectivity index (χ3v) is 4.98. The summed E-state index contributed by atoms with van der Waals surface area (Å²) in [5.41, 5.74) is 4.20. The number of hydrogen-bond donors (Lipinski definition) is 0.